The van der Waals surface area contributed by atoms with E-state index in [0.29, 0.717) is 67.5 Å². The van der Waals surface area contributed by atoms with E-state index in [0.717, 1.165) is 0 Å². The maximum Gasteiger partial charge on any atom is 0.206 e. The van der Waals surface area contributed by atoms with Crippen molar-refractivity contribution in [2.24, 2.45) is 15.0 Å². The Balaban J connectivity index is 1.60. The number of rotatable bonds is 0. The quantitative estimate of drug-likeness (QED) is 0.274. The van der Waals surface area contributed by atoms with Gasteiger partial charge in [-0.3, -0.25) is 4.99 Å². The first-order valence-electron chi connectivity index (χ1n) is 11.5. The van der Waals surface area contributed by atoms with Gasteiger partial charge < -0.3 is 4.90 Å². The molecule has 0 radical (unpaired) electrons. The number of aliphatic imine (C=N–C) groups is 3. The summed E-state index contributed by atoms with van der Waals surface area (Å²) in [6.07, 6.45) is 3.61. The van der Waals surface area contributed by atoms with Crippen molar-refractivity contribution < 1.29 is 8.78 Å². The van der Waals surface area contributed by atoms with Crippen LogP contribution in [-0.4, -0.2) is 40.7 Å². The molecule has 3 aromatic carbocycles. The number of hydrogen-bond acceptors (Lipinski definition) is 8. The van der Waals surface area contributed by atoms with Gasteiger partial charge in [0.1, 0.15) is 23.0 Å². The van der Waals surface area contributed by atoms with Crippen LogP contribution in [0.4, 0.5) is 20.2 Å². The number of fused-ring (bicyclic) bond motifs is 6. The summed E-state index contributed by atoms with van der Waals surface area (Å²) in [5.41, 5.74) is 6.75. The third-order valence-corrected chi connectivity index (χ3v) is 6.59. The first-order chi connectivity index (χ1) is 18.4. The van der Waals surface area contributed by atoms with E-state index in [1.165, 1.54) is 24.3 Å². The van der Waals surface area contributed by atoms with Crippen LogP contribution in [-0.2, 0) is 0 Å². The molecule has 1 aliphatic heterocycles. The first-order valence-corrected chi connectivity index (χ1v) is 11.5. The van der Waals surface area contributed by atoms with Crippen LogP contribution in [0, 0.1) is 34.5 Å². The number of aromatic nitrogens is 2. The molecule has 182 valence electrons. The molecule has 0 fully saturated rings. The maximum atomic E-state index is 14.2. The van der Waals surface area contributed by atoms with Gasteiger partial charge in [-0.25, -0.2) is 18.7 Å². The predicted molar refractivity (Wildman–Crippen MR) is 140 cm³/mol. The Bertz CT molecular complexity index is 1880. The van der Waals surface area contributed by atoms with Crippen molar-refractivity contribution in [3.05, 3.63) is 82.5 Å². The first kappa shape index (κ1) is 23.1. The van der Waals surface area contributed by atoms with Crippen molar-refractivity contribution in [1.29, 1.82) is 10.5 Å². The molecule has 1 aromatic heterocycles. The average Bonchev–Trinajstić information content (AvgIpc) is 3.19. The van der Waals surface area contributed by atoms with Gasteiger partial charge in [0.2, 0.25) is 12.4 Å². The van der Waals surface area contributed by atoms with Gasteiger partial charge >= 0.3 is 0 Å². The zero-order valence-corrected chi connectivity index (χ0v) is 20.2. The normalized spacial score (nSPS) is 15.9. The minimum atomic E-state index is -0.452. The molecule has 0 saturated heterocycles. The van der Waals surface area contributed by atoms with Crippen molar-refractivity contribution >= 4 is 39.5 Å². The molecule has 8 nitrogen and oxygen atoms in total. The molecule has 0 unspecified atom stereocenters. The Morgan fingerprint density at radius 3 is 2.21 bits per heavy atom. The van der Waals surface area contributed by atoms with Crippen LogP contribution in [0.1, 0.15) is 29.3 Å². The van der Waals surface area contributed by atoms with Crippen LogP contribution >= 0.6 is 0 Å². The van der Waals surface area contributed by atoms with Crippen molar-refractivity contribution in [2.75, 3.05) is 18.5 Å². The Kier molecular flexibility index (Phi) is 5.25. The van der Waals surface area contributed by atoms with Crippen LogP contribution in [0.15, 0.2) is 63.5 Å². The molecule has 6 rings (SSSR count). The molecule has 0 amide bonds. The van der Waals surface area contributed by atoms with Gasteiger partial charge in [0.25, 0.3) is 0 Å². The molecule has 0 spiro atoms. The minimum Gasteiger partial charge on any atom is -0.367 e. The molecule has 0 atom stereocenters. The van der Waals surface area contributed by atoms with Gasteiger partial charge in [0.05, 0.1) is 40.4 Å². The van der Waals surface area contributed by atoms with Gasteiger partial charge in [-0.15, -0.1) is 0 Å². The molecular weight excluding hydrogens is 486 g/mol. The van der Waals surface area contributed by atoms with Crippen molar-refractivity contribution in [3.8, 4) is 23.6 Å². The second kappa shape index (κ2) is 8.64. The standard InChI is InChI=1S/C28H16F2N8/c1-14-17-5-3-15(29)7-19(17)24(33-12-31)11-38(2)25-10-22-21(9-23(25)35-14)37-28-26(34-13-32)20-8-16(30)4-6-18(20)27(28)36-22/h3-10H,11H2,1-2H3. The summed E-state index contributed by atoms with van der Waals surface area (Å²) in [5.74, 6) is -0.891. The zero-order chi connectivity index (χ0) is 26.6. The van der Waals surface area contributed by atoms with Crippen LogP contribution in [0.3, 0.4) is 0 Å². The fourth-order valence-electron chi connectivity index (χ4n) is 4.90. The topological polar surface area (TPSA) is 114 Å². The molecular formula is C28H16F2N8. The highest BCUT2D eigenvalue weighted by Crippen LogP contribution is 2.39. The highest BCUT2D eigenvalue weighted by molar-refractivity contribution is 6.24. The summed E-state index contributed by atoms with van der Waals surface area (Å²) < 4.78 is 28.2. The SMILES string of the molecule is CC1=Nc2cc3nc4c(nc3cc2N(C)CC(=NC#N)c2cc(F)ccc21)-c1ccc(F)cc1C4=NC#N. The van der Waals surface area contributed by atoms with Gasteiger partial charge in [0, 0.05) is 35.0 Å². The van der Waals surface area contributed by atoms with Crippen LogP contribution in [0.2, 0.25) is 0 Å². The van der Waals surface area contributed by atoms with E-state index in [1.807, 2.05) is 24.2 Å². The molecule has 1 aliphatic carbocycles. The number of benzene rings is 3. The Morgan fingerprint density at radius 1 is 0.816 bits per heavy atom. The highest BCUT2D eigenvalue weighted by Gasteiger charge is 2.30. The molecule has 2 aliphatic rings. The number of nitrogens with zero attached hydrogens (tertiary/aromatic N) is 8. The van der Waals surface area contributed by atoms with Crippen molar-refractivity contribution in [2.45, 2.75) is 6.92 Å². The van der Waals surface area contributed by atoms with Crippen molar-refractivity contribution in [3.63, 3.8) is 0 Å². The van der Waals surface area contributed by atoms with E-state index >= 15 is 0 Å². The molecule has 10 heteroatoms. The van der Waals surface area contributed by atoms with Gasteiger partial charge in [0.15, 0.2) is 0 Å². The van der Waals surface area contributed by atoms with E-state index in [1.54, 1.807) is 31.3 Å². The number of hydrogen-bond donors (Lipinski definition) is 0. The largest absolute Gasteiger partial charge is 0.367 e. The number of nitriles is 2. The van der Waals surface area contributed by atoms with E-state index in [-0.39, 0.29) is 12.3 Å². The Hall–Kier alpha value is -5.35. The predicted octanol–water partition coefficient (Wildman–Crippen LogP) is 5.07. The minimum absolute atomic E-state index is 0.213. The smallest absolute Gasteiger partial charge is 0.206 e. The summed E-state index contributed by atoms with van der Waals surface area (Å²) in [4.78, 5) is 24.2. The molecule has 4 aromatic rings. The lowest BCUT2D eigenvalue weighted by Gasteiger charge is -2.21. The Morgan fingerprint density at radius 2 is 1.47 bits per heavy atom. The van der Waals surface area contributed by atoms with E-state index in [9.17, 15) is 19.3 Å². The average molecular weight is 502 g/mol. The number of halogens is 2. The molecule has 0 saturated carbocycles. The summed E-state index contributed by atoms with van der Waals surface area (Å²) in [6, 6.07) is 12.2. The fourth-order valence-corrected chi connectivity index (χ4v) is 4.90. The summed E-state index contributed by atoms with van der Waals surface area (Å²) in [5, 5.41) is 18.6. The lowest BCUT2D eigenvalue weighted by atomic mass is 9.99. The third kappa shape index (κ3) is 3.59. The highest BCUT2D eigenvalue weighted by atomic mass is 19.1. The van der Waals surface area contributed by atoms with E-state index in [2.05, 4.69) is 9.98 Å². The molecule has 0 N–H and O–H groups in total. The van der Waals surface area contributed by atoms with Crippen LogP contribution < -0.4 is 4.90 Å². The monoisotopic (exact) mass is 502 g/mol. The summed E-state index contributed by atoms with van der Waals surface area (Å²) >= 11 is 0. The summed E-state index contributed by atoms with van der Waals surface area (Å²) in [7, 11) is 1.82. The zero-order valence-electron chi connectivity index (χ0n) is 20.2. The van der Waals surface area contributed by atoms with Crippen LogP contribution in [0.25, 0.3) is 22.3 Å². The second-order valence-corrected chi connectivity index (χ2v) is 8.90. The Labute approximate surface area is 215 Å². The van der Waals surface area contributed by atoms with Gasteiger partial charge in [-0.2, -0.15) is 20.5 Å². The number of likely N-dealkylation sites (N-methyl/N-ethyl adjacent to an activating group) is 1. The molecule has 2 heterocycles. The molecule has 38 heavy (non-hydrogen) atoms. The molecule has 0 bridgehead atoms. The lowest BCUT2D eigenvalue weighted by Crippen LogP contribution is -2.27. The van der Waals surface area contributed by atoms with Crippen LogP contribution in [0.5, 0.6) is 0 Å². The summed E-state index contributed by atoms with van der Waals surface area (Å²) in [6.45, 7) is 2.02. The van der Waals surface area contributed by atoms with Gasteiger partial charge in [-0.05, 0) is 55.5 Å². The van der Waals surface area contributed by atoms with Crippen molar-refractivity contribution in [1.82, 2.24) is 9.97 Å². The van der Waals surface area contributed by atoms with Gasteiger partial charge in [-0.1, -0.05) is 0 Å². The van der Waals surface area contributed by atoms with E-state index < -0.39 is 11.6 Å². The second-order valence-electron chi connectivity index (χ2n) is 8.90. The third-order valence-electron chi connectivity index (χ3n) is 6.59. The lowest BCUT2D eigenvalue weighted by molar-refractivity contribution is 0.627. The fraction of sp³-hybridized carbons (Fsp3) is 0.107. The van der Waals surface area contributed by atoms with E-state index in [4.69, 9.17) is 15.0 Å². The number of anilines is 1. The maximum absolute atomic E-state index is 14.2.